The van der Waals surface area contributed by atoms with Gasteiger partial charge in [-0.3, -0.25) is 9.36 Å². The Hall–Kier alpha value is -2.73. The maximum atomic E-state index is 14.4. The van der Waals surface area contributed by atoms with Crippen LogP contribution in [0.15, 0.2) is 41.2 Å². The molecule has 0 unspecified atom stereocenters. The normalized spacial score (nSPS) is 17.0. The third kappa shape index (κ3) is 5.97. The minimum absolute atomic E-state index is 0.0140. The number of rotatable bonds is 8. The summed E-state index contributed by atoms with van der Waals surface area (Å²) in [6.45, 7) is 16.1. The molecule has 0 radical (unpaired) electrons. The highest BCUT2D eigenvalue weighted by atomic mass is 19.1. The van der Waals surface area contributed by atoms with Crippen molar-refractivity contribution in [3.8, 4) is 16.9 Å². The zero-order valence-corrected chi connectivity index (χ0v) is 22.6. The summed E-state index contributed by atoms with van der Waals surface area (Å²) in [5.41, 5.74) is 2.14. The Kier molecular flexibility index (Phi) is 8.13. The zero-order chi connectivity index (χ0) is 26.0. The number of benzene rings is 2. The Bertz CT molecular complexity index is 1270. The van der Waals surface area contributed by atoms with Gasteiger partial charge in [-0.25, -0.2) is 9.37 Å². The Morgan fingerprint density at radius 1 is 1.06 bits per heavy atom. The highest BCUT2D eigenvalue weighted by Gasteiger charge is 2.24. The van der Waals surface area contributed by atoms with Gasteiger partial charge in [-0.05, 0) is 80.5 Å². The van der Waals surface area contributed by atoms with Crippen LogP contribution in [0.3, 0.4) is 0 Å². The average molecular weight is 494 g/mol. The highest BCUT2D eigenvalue weighted by Crippen LogP contribution is 2.29. The predicted octanol–water partition coefficient (Wildman–Crippen LogP) is 6.48. The third-order valence-corrected chi connectivity index (χ3v) is 7.01. The van der Waals surface area contributed by atoms with Gasteiger partial charge in [-0.15, -0.1) is 0 Å². The molecule has 4 rings (SSSR count). The molecule has 1 aliphatic heterocycles. The molecule has 3 aromatic rings. The van der Waals surface area contributed by atoms with Gasteiger partial charge in [0, 0.05) is 31.1 Å². The maximum Gasteiger partial charge on any atom is 0.261 e. The first-order valence-electron chi connectivity index (χ1n) is 13.3. The second-order valence-electron chi connectivity index (χ2n) is 11.2. The first kappa shape index (κ1) is 26.3. The number of hydrogen-bond donors (Lipinski definition) is 0. The van der Waals surface area contributed by atoms with Crippen molar-refractivity contribution in [1.29, 1.82) is 0 Å². The Balaban J connectivity index is 1.73. The van der Waals surface area contributed by atoms with E-state index in [1.807, 2.05) is 28.8 Å². The SMILES string of the molecule is CC(C)COc1cc(F)cc(-c2ccc3nc(C(C)C)n(C[C@H]4CCCN(C(C)C)C4)c(=O)c3c2)c1. The lowest BCUT2D eigenvalue weighted by molar-refractivity contribution is 0.129. The van der Waals surface area contributed by atoms with Crippen molar-refractivity contribution >= 4 is 10.9 Å². The molecule has 0 amide bonds. The van der Waals surface area contributed by atoms with Crippen LogP contribution in [-0.2, 0) is 6.54 Å². The van der Waals surface area contributed by atoms with Gasteiger partial charge in [-0.2, -0.15) is 0 Å². The van der Waals surface area contributed by atoms with Crippen LogP contribution in [0.25, 0.3) is 22.0 Å². The predicted molar refractivity (Wildman–Crippen MR) is 145 cm³/mol. The Labute approximate surface area is 214 Å². The molecule has 0 N–H and O–H groups in total. The molecule has 194 valence electrons. The van der Waals surface area contributed by atoms with E-state index >= 15 is 0 Å². The van der Waals surface area contributed by atoms with Crippen LogP contribution in [0.2, 0.25) is 0 Å². The van der Waals surface area contributed by atoms with E-state index in [-0.39, 0.29) is 17.3 Å². The first-order valence-corrected chi connectivity index (χ1v) is 13.3. The summed E-state index contributed by atoms with van der Waals surface area (Å²) in [6, 6.07) is 10.9. The van der Waals surface area contributed by atoms with E-state index in [1.165, 1.54) is 12.1 Å². The lowest BCUT2D eigenvalue weighted by Gasteiger charge is -2.36. The van der Waals surface area contributed by atoms with Gasteiger partial charge in [0.2, 0.25) is 0 Å². The number of nitrogens with zero attached hydrogens (tertiary/aromatic N) is 3. The summed E-state index contributed by atoms with van der Waals surface area (Å²) >= 11 is 0. The number of aromatic nitrogens is 2. The van der Waals surface area contributed by atoms with Crippen LogP contribution < -0.4 is 10.3 Å². The number of likely N-dealkylation sites (tertiary alicyclic amines) is 1. The van der Waals surface area contributed by atoms with Gasteiger partial charge in [0.15, 0.2) is 0 Å². The molecule has 5 nitrogen and oxygen atoms in total. The molecule has 36 heavy (non-hydrogen) atoms. The van der Waals surface area contributed by atoms with Crippen molar-refractivity contribution in [2.45, 2.75) is 72.9 Å². The molecule has 0 spiro atoms. The van der Waals surface area contributed by atoms with Crippen LogP contribution in [-0.4, -0.2) is 40.2 Å². The van der Waals surface area contributed by atoms with Crippen LogP contribution in [0.1, 0.15) is 66.1 Å². The van der Waals surface area contributed by atoms with Crippen molar-refractivity contribution in [1.82, 2.24) is 14.5 Å². The summed E-state index contributed by atoms with van der Waals surface area (Å²) < 4.78 is 22.1. The van der Waals surface area contributed by atoms with Crippen molar-refractivity contribution in [2.24, 2.45) is 11.8 Å². The molecular formula is C30H40FN3O2. The third-order valence-electron chi connectivity index (χ3n) is 7.01. The van der Waals surface area contributed by atoms with Gasteiger partial charge in [0.05, 0.1) is 17.5 Å². The van der Waals surface area contributed by atoms with E-state index < -0.39 is 0 Å². The van der Waals surface area contributed by atoms with Crippen LogP contribution in [0, 0.1) is 17.7 Å². The van der Waals surface area contributed by atoms with Crippen molar-refractivity contribution < 1.29 is 9.13 Å². The number of piperidine rings is 1. The second-order valence-corrected chi connectivity index (χ2v) is 11.2. The molecule has 1 aliphatic rings. The zero-order valence-electron chi connectivity index (χ0n) is 22.6. The monoisotopic (exact) mass is 493 g/mol. The number of halogens is 1. The molecular weight excluding hydrogens is 453 g/mol. The van der Waals surface area contributed by atoms with Crippen molar-refractivity contribution in [3.05, 3.63) is 58.4 Å². The van der Waals surface area contributed by atoms with Gasteiger partial charge >= 0.3 is 0 Å². The lowest BCUT2D eigenvalue weighted by atomic mass is 9.96. The molecule has 0 bridgehead atoms. The summed E-state index contributed by atoms with van der Waals surface area (Å²) in [5.74, 6) is 1.87. The van der Waals surface area contributed by atoms with Crippen LogP contribution in [0.5, 0.6) is 5.75 Å². The number of hydrogen-bond acceptors (Lipinski definition) is 4. The highest BCUT2D eigenvalue weighted by molar-refractivity contribution is 5.84. The molecule has 2 heterocycles. The van der Waals surface area contributed by atoms with E-state index in [4.69, 9.17) is 9.72 Å². The van der Waals surface area contributed by atoms with Gasteiger partial charge in [0.25, 0.3) is 5.56 Å². The Morgan fingerprint density at radius 2 is 1.83 bits per heavy atom. The quantitative estimate of drug-likeness (QED) is 0.360. The second kappa shape index (κ2) is 11.1. The summed E-state index contributed by atoms with van der Waals surface area (Å²) in [5, 5.41) is 0.572. The van der Waals surface area contributed by atoms with Gasteiger partial charge in [0.1, 0.15) is 17.4 Å². The molecule has 1 atom stereocenters. The van der Waals surface area contributed by atoms with Gasteiger partial charge < -0.3 is 9.64 Å². The van der Waals surface area contributed by atoms with E-state index in [2.05, 4.69) is 46.4 Å². The fourth-order valence-corrected chi connectivity index (χ4v) is 5.08. The first-order chi connectivity index (χ1) is 17.1. The molecule has 1 saturated heterocycles. The molecule has 1 aromatic heterocycles. The standard InChI is InChI=1S/C30H40FN3O2/c1-19(2)18-36-26-13-24(12-25(31)15-26)23-9-10-28-27(14-23)30(35)34(29(32-28)20(3)4)17-22-8-7-11-33(16-22)21(5)6/h9-10,12-15,19-22H,7-8,11,16-18H2,1-6H3/t22-/m0/s1. The molecule has 1 fully saturated rings. The molecule has 6 heteroatoms. The van der Waals surface area contributed by atoms with E-state index in [9.17, 15) is 9.18 Å². The summed E-state index contributed by atoms with van der Waals surface area (Å²) in [7, 11) is 0. The summed E-state index contributed by atoms with van der Waals surface area (Å²) in [4.78, 5) is 21.3. The number of fused-ring (bicyclic) bond motifs is 1. The minimum atomic E-state index is -0.357. The lowest BCUT2D eigenvalue weighted by Crippen LogP contribution is -2.42. The van der Waals surface area contributed by atoms with E-state index in [1.54, 1.807) is 0 Å². The smallest absolute Gasteiger partial charge is 0.261 e. The van der Waals surface area contributed by atoms with Crippen LogP contribution >= 0.6 is 0 Å². The van der Waals surface area contributed by atoms with E-state index in [0.717, 1.165) is 37.3 Å². The molecule has 0 saturated carbocycles. The fourth-order valence-electron chi connectivity index (χ4n) is 5.08. The molecule has 0 aliphatic carbocycles. The molecule has 2 aromatic carbocycles. The van der Waals surface area contributed by atoms with Crippen molar-refractivity contribution in [2.75, 3.05) is 19.7 Å². The van der Waals surface area contributed by atoms with E-state index in [0.29, 0.717) is 53.2 Å². The van der Waals surface area contributed by atoms with Crippen molar-refractivity contribution in [3.63, 3.8) is 0 Å². The van der Waals surface area contributed by atoms with Gasteiger partial charge in [-0.1, -0.05) is 33.8 Å². The number of ether oxygens (including phenoxy) is 1. The Morgan fingerprint density at radius 3 is 2.53 bits per heavy atom. The maximum absolute atomic E-state index is 14.4. The topological polar surface area (TPSA) is 47.4 Å². The minimum Gasteiger partial charge on any atom is -0.493 e. The fraction of sp³-hybridized carbons (Fsp3) is 0.533. The summed E-state index contributed by atoms with van der Waals surface area (Å²) in [6.07, 6.45) is 2.27. The van der Waals surface area contributed by atoms with Crippen LogP contribution in [0.4, 0.5) is 4.39 Å². The average Bonchev–Trinajstić information content (AvgIpc) is 2.83. The largest absolute Gasteiger partial charge is 0.493 e.